The minimum atomic E-state index is -0.673. The minimum absolute atomic E-state index is 0.155. The number of aliphatic hydroxyl groups is 1. The predicted molar refractivity (Wildman–Crippen MR) is 122 cm³/mol. The van der Waals surface area contributed by atoms with Gasteiger partial charge in [-0.3, -0.25) is 9.69 Å². The molecule has 176 valence electrons. The summed E-state index contributed by atoms with van der Waals surface area (Å²) in [6.07, 6.45) is -0.673. The number of benzene rings is 1. The molecule has 2 aromatic rings. The lowest BCUT2D eigenvalue weighted by Crippen LogP contribution is -2.42. The van der Waals surface area contributed by atoms with E-state index < -0.39 is 6.10 Å². The molecule has 1 unspecified atom stereocenters. The Kier molecular flexibility index (Phi) is 6.68. The molecule has 4 heterocycles. The number of carbonyl (C=O) groups excluding carboxylic acids is 1. The number of amides is 1. The number of hydrogen-bond acceptors (Lipinski definition) is 9. The minimum Gasteiger partial charge on any atom is -0.390 e. The van der Waals surface area contributed by atoms with Gasteiger partial charge >= 0.3 is 0 Å². The zero-order chi connectivity index (χ0) is 22.6. The van der Waals surface area contributed by atoms with Crippen LogP contribution < -0.4 is 15.5 Å². The summed E-state index contributed by atoms with van der Waals surface area (Å²) < 4.78 is 10.6. The lowest BCUT2D eigenvalue weighted by atomic mass is 10.1. The monoisotopic (exact) mass is 454 g/mol. The molecule has 3 aliphatic heterocycles. The average Bonchev–Trinajstić information content (AvgIpc) is 3.22. The van der Waals surface area contributed by atoms with Gasteiger partial charge in [-0.15, -0.1) is 0 Å². The molecule has 5 rings (SSSR count). The SMILES string of the molecule is O=C(NCC(O)CN1Cc2ccccc2C1)c1cc(NC2COC2)nc(N2CCOCC2)n1. The van der Waals surface area contributed by atoms with E-state index in [9.17, 15) is 9.90 Å². The Morgan fingerprint density at radius 2 is 1.85 bits per heavy atom. The van der Waals surface area contributed by atoms with Crippen LogP contribution in [-0.2, 0) is 22.6 Å². The summed E-state index contributed by atoms with van der Waals surface area (Å²) in [4.78, 5) is 26.2. The van der Waals surface area contributed by atoms with Crippen molar-refractivity contribution in [2.24, 2.45) is 0 Å². The number of hydrogen-bond donors (Lipinski definition) is 3. The molecule has 0 saturated carbocycles. The third-order valence-corrected chi connectivity index (χ3v) is 6.10. The van der Waals surface area contributed by atoms with Gasteiger partial charge < -0.3 is 30.1 Å². The van der Waals surface area contributed by atoms with Gasteiger partial charge in [0.2, 0.25) is 5.95 Å². The van der Waals surface area contributed by atoms with Gasteiger partial charge in [0.05, 0.1) is 38.6 Å². The number of aromatic nitrogens is 2. The van der Waals surface area contributed by atoms with Crippen molar-refractivity contribution < 1.29 is 19.4 Å². The fourth-order valence-electron chi connectivity index (χ4n) is 4.25. The van der Waals surface area contributed by atoms with Crippen LogP contribution in [0.5, 0.6) is 0 Å². The van der Waals surface area contributed by atoms with E-state index in [4.69, 9.17) is 9.47 Å². The molecular weight excluding hydrogens is 424 g/mol. The number of anilines is 2. The Morgan fingerprint density at radius 1 is 1.12 bits per heavy atom. The number of fused-ring (bicyclic) bond motifs is 1. The third-order valence-electron chi connectivity index (χ3n) is 6.10. The van der Waals surface area contributed by atoms with Crippen LogP contribution in [0.4, 0.5) is 11.8 Å². The highest BCUT2D eigenvalue weighted by atomic mass is 16.5. The molecule has 10 nitrogen and oxygen atoms in total. The maximum Gasteiger partial charge on any atom is 0.270 e. The van der Waals surface area contributed by atoms with Crippen LogP contribution in [0.1, 0.15) is 21.6 Å². The molecule has 3 aliphatic rings. The molecule has 1 atom stereocenters. The van der Waals surface area contributed by atoms with Crippen molar-refractivity contribution in [3.63, 3.8) is 0 Å². The van der Waals surface area contributed by atoms with Gasteiger partial charge in [0, 0.05) is 45.3 Å². The Labute approximate surface area is 192 Å². The van der Waals surface area contributed by atoms with E-state index in [1.54, 1.807) is 6.07 Å². The summed E-state index contributed by atoms with van der Waals surface area (Å²) >= 11 is 0. The van der Waals surface area contributed by atoms with E-state index in [2.05, 4.69) is 37.6 Å². The Hall–Kier alpha value is -2.79. The van der Waals surface area contributed by atoms with Crippen LogP contribution in [0.15, 0.2) is 30.3 Å². The van der Waals surface area contributed by atoms with E-state index in [1.807, 2.05) is 17.0 Å². The number of morpholine rings is 1. The number of β-amino-alcohol motifs (C(OH)–C–C–N with tert-alkyl or cyclic N) is 1. The summed E-state index contributed by atoms with van der Waals surface area (Å²) in [6, 6.07) is 10.1. The number of rotatable bonds is 8. The number of aliphatic hydroxyl groups excluding tert-OH is 1. The Balaban J connectivity index is 1.20. The average molecular weight is 455 g/mol. The van der Waals surface area contributed by atoms with E-state index in [-0.39, 0.29) is 24.2 Å². The maximum atomic E-state index is 12.9. The molecule has 2 fully saturated rings. The molecule has 10 heteroatoms. The van der Waals surface area contributed by atoms with Gasteiger partial charge in [-0.2, -0.15) is 4.98 Å². The summed E-state index contributed by atoms with van der Waals surface area (Å²) in [7, 11) is 0. The predicted octanol–water partition coefficient (Wildman–Crippen LogP) is 0.230. The second-order valence-electron chi connectivity index (χ2n) is 8.72. The number of nitrogens with zero attached hydrogens (tertiary/aromatic N) is 4. The van der Waals surface area contributed by atoms with E-state index in [0.717, 1.165) is 13.1 Å². The maximum absolute atomic E-state index is 12.9. The molecule has 1 aromatic heterocycles. The normalized spacial score (nSPS) is 19.6. The van der Waals surface area contributed by atoms with E-state index in [0.29, 0.717) is 57.8 Å². The van der Waals surface area contributed by atoms with Crippen LogP contribution in [0.2, 0.25) is 0 Å². The summed E-state index contributed by atoms with van der Waals surface area (Å²) in [6.45, 7) is 6.06. The fraction of sp³-hybridized carbons (Fsp3) is 0.522. The van der Waals surface area contributed by atoms with Gasteiger partial charge in [-0.1, -0.05) is 24.3 Å². The first-order valence-corrected chi connectivity index (χ1v) is 11.5. The molecule has 2 saturated heterocycles. The summed E-state index contributed by atoms with van der Waals surface area (Å²) in [5.41, 5.74) is 2.86. The van der Waals surface area contributed by atoms with Crippen molar-refractivity contribution >= 4 is 17.7 Å². The van der Waals surface area contributed by atoms with Gasteiger partial charge in [0.25, 0.3) is 5.91 Å². The largest absolute Gasteiger partial charge is 0.390 e. The van der Waals surface area contributed by atoms with E-state index in [1.165, 1.54) is 11.1 Å². The highest BCUT2D eigenvalue weighted by molar-refractivity contribution is 5.93. The van der Waals surface area contributed by atoms with Gasteiger partial charge in [0.15, 0.2) is 0 Å². The molecule has 3 N–H and O–H groups in total. The van der Waals surface area contributed by atoms with Crippen LogP contribution >= 0.6 is 0 Å². The standard InChI is InChI=1S/C23H30N6O4/c30-19(13-28-11-16-3-1-2-4-17(16)12-28)10-24-22(31)20-9-21(25-18-14-33-15-18)27-23(26-20)29-5-7-32-8-6-29/h1-4,9,18-19,30H,5-8,10-15H2,(H,24,31)(H,25,26,27). The van der Waals surface area contributed by atoms with Crippen molar-refractivity contribution in [3.05, 3.63) is 47.2 Å². The molecule has 0 bridgehead atoms. The van der Waals surface area contributed by atoms with Crippen molar-refractivity contribution in [3.8, 4) is 0 Å². The fourth-order valence-corrected chi connectivity index (χ4v) is 4.25. The van der Waals surface area contributed by atoms with Crippen molar-refractivity contribution in [2.45, 2.75) is 25.2 Å². The first-order chi connectivity index (χ1) is 16.1. The quantitative estimate of drug-likeness (QED) is 0.516. The van der Waals surface area contributed by atoms with Crippen LogP contribution in [-0.4, -0.2) is 90.6 Å². The van der Waals surface area contributed by atoms with Crippen molar-refractivity contribution in [1.82, 2.24) is 20.2 Å². The van der Waals surface area contributed by atoms with Gasteiger partial charge in [-0.05, 0) is 11.1 Å². The molecular formula is C23H30N6O4. The third kappa shape index (κ3) is 5.41. The molecule has 0 spiro atoms. The number of nitrogens with one attached hydrogen (secondary N) is 2. The molecule has 0 aliphatic carbocycles. The molecule has 1 amide bonds. The van der Waals surface area contributed by atoms with Crippen LogP contribution in [0, 0.1) is 0 Å². The highest BCUT2D eigenvalue weighted by Gasteiger charge is 2.24. The Bertz CT molecular complexity index is 954. The van der Waals surface area contributed by atoms with Crippen molar-refractivity contribution in [2.75, 3.05) is 62.8 Å². The van der Waals surface area contributed by atoms with E-state index >= 15 is 0 Å². The lowest BCUT2D eigenvalue weighted by Gasteiger charge is -2.29. The second-order valence-corrected chi connectivity index (χ2v) is 8.72. The first kappa shape index (κ1) is 22.0. The van der Waals surface area contributed by atoms with Gasteiger partial charge in [0.1, 0.15) is 11.5 Å². The molecule has 33 heavy (non-hydrogen) atoms. The number of ether oxygens (including phenoxy) is 2. The molecule has 1 aromatic carbocycles. The second kappa shape index (κ2) is 10.0. The first-order valence-electron chi connectivity index (χ1n) is 11.5. The summed E-state index contributed by atoms with van der Waals surface area (Å²) in [5, 5.41) is 16.7. The smallest absolute Gasteiger partial charge is 0.270 e. The topological polar surface area (TPSA) is 112 Å². The highest BCUT2D eigenvalue weighted by Crippen LogP contribution is 2.22. The molecule has 0 radical (unpaired) electrons. The van der Waals surface area contributed by atoms with Crippen LogP contribution in [0.3, 0.4) is 0 Å². The zero-order valence-electron chi connectivity index (χ0n) is 18.6. The summed E-state index contributed by atoms with van der Waals surface area (Å²) in [5.74, 6) is 0.771. The van der Waals surface area contributed by atoms with Crippen LogP contribution in [0.25, 0.3) is 0 Å². The van der Waals surface area contributed by atoms with Crippen molar-refractivity contribution in [1.29, 1.82) is 0 Å². The number of carbonyl (C=O) groups is 1. The zero-order valence-corrected chi connectivity index (χ0v) is 18.6. The Morgan fingerprint density at radius 3 is 2.52 bits per heavy atom. The van der Waals surface area contributed by atoms with Gasteiger partial charge in [-0.25, -0.2) is 4.98 Å². The lowest BCUT2D eigenvalue weighted by molar-refractivity contribution is 0.0209.